The van der Waals surface area contributed by atoms with Crippen molar-refractivity contribution >= 4 is 11.4 Å². The largest absolute Gasteiger partial charge is 0.494 e. The number of carbonyl (C=O) groups excluding carboxylic acids is 1. The van der Waals surface area contributed by atoms with E-state index in [1.165, 1.54) is 4.57 Å². The molecule has 1 aromatic carbocycles. The summed E-state index contributed by atoms with van der Waals surface area (Å²) in [6.45, 7) is 5.34. The molecule has 3 rings (SSSR count). The van der Waals surface area contributed by atoms with E-state index >= 15 is 0 Å². The number of rotatable bonds is 7. The minimum absolute atomic E-state index is 0.0668. The smallest absolute Gasteiger partial charge is 0.276 e. The Kier molecular flexibility index (Phi) is 5.36. The Balaban J connectivity index is 1.85. The second kappa shape index (κ2) is 7.86. The van der Waals surface area contributed by atoms with Gasteiger partial charge in [0.25, 0.3) is 5.56 Å². The molecule has 0 fully saturated rings. The van der Waals surface area contributed by atoms with Crippen molar-refractivity contribution in [3.05, 3.63) is 53.1 Å². The van der Waals surface area contributed by atoms with Crippen LogP contribution in [0.25, 0.3) is 16.8 Å². The minimum atomic E-state index is -0.165. The Morgan fingerprint density at radius 3 is 2.65 bits per heavy atom. The van der Waals surface area contributed by atoms with E-state index < -0.39 is 0 Å². The molecule has 7 heteroatoms. The summed E-state index contributed by atoms with van der Waals surface area (Å²) < 4.78 is 8.54. The number of nitrogens with one attached hydrogen (secondary N) is 1. The van der Waals surface area contributed by atoms with Crippen molar-refractivity contribution in [2.24, 2.45) is 0 Å². The lowest BCUT2D eigenvalue weighted by molar-refractivity contribution is -0.121. The average molecular weight is 354 g/mol. The number of amides is 1. The van der Waals surface area contributed by atoms with Gasteiger partial charge in [0.1, 0.15) is 11.3 Å². The molecule has 0 radical (unpaired) electrons. The number of carbonyl (C=O) groups is 1. The predicted octanol–water partition coefficient (Wildman–Crippen LogP) is 2.09. The maximum Gasteiger partial charge on any atom is 0.276 e. The number of aromatic nitrogens is 3. The van der Waals surface area contributed by atoms with Crippen molar-refractivity contribution in [3.8, 4) is 17.0 Å². The molecule has 1 N–H and O–H groups in total. The molecule has 26 heavy (non-hydrogen) atoms. The van der Waals surface area contributed by atoms with E-state index in [-0.39, 0.29) is 17.9 Å². The Hall–Kier alpha value is -3.09. The fourth-order valence-electron chi connectivity index (χ4n) is 2.74. The first-order valence-corrected chi connectivity index (χ1v) is 8.71. The fourth-order valence-corrected chi connectivity index (χ4v) is 2.74. The monoisotopic (exact) mass is 354 g/mol. The van der Waals surface area contributed by atoms with Gasteiger partial charge in [-0.3, -0.25) is 9.59 Å². The van der Waals surface area contributed by atoms with Crippen LogP contribution in [-0.2, 0) is 11.3 Å². The van der Waals surface area contributed by atoms with Gasteiger partial charge in [-0.2, -0.15) is 5.10 Å². The number of fused-ring (bicyclic) bond motifs is 1. The second-order valence-corrected chi connectivity index (χ2v) is 5.82. The van der Waals surface area contributed by atoms with E-state index in [1.54, 1.807) is 23.0 Å². The van der Waals surface area contributed by atoms with E-state index in [0.29, 0.717) is 30.9 Å². The van der Waals surface area contributed by atoms with Crippen LogP contribution in [0.4, 0.5) is 0 Å². The summed E-state index contributed by atoms with van der Waals surface area (Å²) in [6, 6.07) is 9.36. The predicted molar refractivity (Wildman–Crippen MR) is 99.4 cm³/mol. The standard InChI is InChI=1S/C19H22N4O3/c1-3-20-18(24)9-10-22-11-12-23-17(19(22)25)13-16(21-23)14-5-7-15(8-6-14)26-4-2/h5-8,11-13H,3-4,9-10H2,1-2H3,(H,20,24). The molecule has 136 valence electrons. The highest BCUT2D eigenvalue weighted by Crippen LogP contribution is 2.21. The molecule has 3 aromatic rings. The van der Waals surface area contributed by atoms with E-state index in [0.717, 1.165) is 11.3 Å². The van der Waals surface area contributed by atoms with Gasteiger partial charge >= 0.3 is 0 Å². The lowest BCUT2D eigenvalue weighted by Crippen LogP contribution is -2.27. The third kappa shape index (κ3) is 3.77. The van der Waals surface area contributed by atoms with Crippen molar-refractivity contribution in [2.45, 2.75) is 26.8 Å². The van der Waals surface area contributed by atoms with Crippen molar-refractivity contribution in [2.75, 3.05) is 13.2 Å². The fraction of sp³-hybridized carbons (Fsp3) is 0.316. The van der Waals surface area contributed by atoms with Gasteiger partial charge in [-0.1, -0.05) is 0 Å². The quantitative estimate of drug-likeness (QED) is 0.705. The number of hydrogen-bond acceptors (Lipinski definition) is 4. The van der Waals surface area contributed by atoms with E-state index in [2.05, 4.69) is 10.4 Å². The third-order valence-electron chi connectivity index (χ3n) is 4.02. The highest BCUT2D eigenvalue weighted by molar-refractivity contribution is 5.75. The molecule has 0 spiro atoms. The molecular weight excluding hydrogens is 332 g/mol. The summed E-state index contributed by atoms with van der Waals surface area (Å²) in [5.74, 6) is 0.732. The zero-order valence-electron chi connectivity index (χ0n) is 14.9. The molecule has 0 bridgehead atoms. The van der Waals surface area contributed by atoms with Crippen LogP contribution in [0.5, 0.6) is 5.75 Å². The molecule has 0 aliphatic carbocycles. The normalized spacial score (nSPS) is 10.8. The summed E-state index contributed by atoms with van der Waals surface area (Å²) in [6.07, 6.45) is 3.65. The van der Waals surface area contributed by atoms with E-state index in [1.807, 2.05) is 38.1 Å². The lowest BCUT2D eigenvalue weighted by atomic mass is 10.1. The topological polar surface area (TPSA) is 77.6 Å². The van der Waals surface area contributed by atoms with Crippen LogP contribution in [0.1, 0.15) is 20.3 Å². The van der Waals surface area contributed by atoms with Crippen LogP contribution in [0.2, 0.25) is 0 Å². The zero-order chi connectivity index (χ0) is 18.5. The molecule has 2 aromatic heterocycles. The summed E-state index contributed by atoms with van der Waals surface area (Å²) in [4.78, 5) is 24.2. The van der Waals surface area contributed by atoms with Gasteiger partial charge in [-0.15, -0.1) is 0 Å². The highest BCUT2D eigenvalue weighted by Gasteiger charge is 2.10. The molecule has 2 heterocycles. The van der Waals surface area contributed by atoms with Crippen LogP contribution in [0, 0.1) is 0 Å². The zero-order valence-corrected chi connectivity index (χ0v) is 14.9. The average Bonchev–Trinajstić information content (AvgIpc) is 3.07. The summed E-state index contributed by atoms with van der Waals surface area (Å²) >= 11 is 0. The number of nitrogens with zero attached hydrogens (tertiary/aromatic N) is 3. The third-order valence-corrected chi connectivity index (χ3v) is 4.02. The number of aryl methyl sites for hydroxylation is 1. The van der Waals surface area contributed by atoms with Crippen molar-refractivity contribution in [1.29, 1.82) is 0 Å². The molecule has 1 amide bonds. The molecule has 0 atom stereocenters. The first kappa shape index (κ1) is 17.7. The van der Waals surface area contributed by atoms with Gasteiger partial charge in [-0.05, 0) is 44.2 Å². The lowest BCUT2D eigenvalue weighted by Gasteiger charge is -2.05. The molecular formula is C19H22N4O3. The van der Waals surface area contributed by atoms with Gasteiger partial charge in [0.2, 0.25) is 5.91 Å². The molecule has 7 nitrogen and oxygen atoms in total. The molecule has 0 aliphatic heterocycles. The van der Waals surface area contributed by atoms with Gasteiger partial charge < -0.3 is 14.6 Å². The number of hydrogen-bond donors (Lipinski definition) is 1. The van der Waals surface area contributed by atoms with Crippen LogP contribution < -0.4 is 15.6 Å². The van der Waals surface area contributed by atoms with Gasteiger partial charge in [0.05, 0.1) is 12.3 Å². The maximum atomic E-state index is 12.6. The molecule has 0 saturated heterocycles. The molecule has 0 saturated carbocycles. The van der Waals surface area contributed by atoms with Crippen molar-refractivity contribution in [1.82, 2.24) is 19.5 Å². The molecule has 0 aliphatic rings. The van der Waals surface area contributed by atoms with Crippen LogP contribution in [0.3, 0.4) is 0 Å². The summed E-state index contributed by atoms with van der Waals surface area (Å²) in [5, 5.41) is 7.20. The SMILES string of the molecule is CCNC(=O)CCn1ccn2nc(-c3ccc(OCC)cc3)cc2c1=O. The van der Waals surface area contributed by atoms with Crippen LogP contribution >= 0.6 is 0 Å². The van der Waals surface area contributed by atoms with Gasteiger partial charge in [0.15, 0.2) is 0 Å². The van der Waals surface area contributed by atoms with E-state index in [4.69, 9.17) is 4.74 Å². The Morgan fingerprint density at radius 2 is 1.96 bits per heavy atom. The Labute approximate surface area is 151 Å². The second-order valence-electron chi connectivity index (χ2n) is 5.82. The Morgan fingerprint density at radius 1 is 1.19 bits per heavy atom. The summed E-state index contributed by atoms with van der Waals surface area (Å²) in [7, 11) is 0. The van der Waals surface area contributed by atoms with E-state index in [9.17, 15) is 9.59 Å². The van der Waals surface area contributed by atoms with Gasteiger partial charge in [-0.25, -0.2) is 4.52 Å². The highest BCUT2D eigenvalue weighted by atomic mass is 16.5. The first-order chi connectivity index (χ1) is 12.6. The minimum Gasteiger partial charge on any atom is -0.494 e. The Bertz CT molecular complexity index is 957. The maximum absolute atomic E-state index is 12.6. The molecule has 0 unspecified atom stereocenters. The van der Waals surface area contributed by atoms with Crippen molar-refractivity contribution in [3.63, 3.8) is 0 Å². The van der Waals surface area contributed by atoms with Crippen LogP contribution in [-0.4, -0.2) is 33.2 Å². The summed E-state index contributed by atoms with van der Waals surface area (Å²) in [5.41, 5.74) is 1.94. The van der Waals surface area contributed by atoms with Crippen LogP contribution in [0.15, 0.2) is 47.5 Å². The number of ether oxygens (including phenoxy) is 1. The number of benzene rings is 1. The van der Waals surface area contributed by atoms with Crippen molar-refractivity contribution < 1.29 is 9.53 Å². The van der Waals surface area contributed by atoms with Gasteiger partial charge in [0, 0.05) is 37.5 Å². The first-order valence-electron chi connectivity index (χ1n) is 8.71.